The second-order valence-corrected chi connectivity index (χ2v) is 5.31. The van der Waals surface area contributed by atoms with Gasteiger partial charge in [-0.25, -0.2) is 0 Å². The molecule has 0 aliphatic rings. The highest BCUT2D eigenvalue weighted by atomic mass is 32.2. The maximum absolute atomic E-state index is 12.0. The molecule has 0 atom stereocenters. The van der Waals surface area contributed by atoms with Crippen LogP contribution in [0.2, 0.25) is 0 Å². The third-order valence-corrected chi connectivity index (χ3v) is 3.66. The van der Waals surface area contributed by atoms with Crippen molar-refractivity contribution in [3.63, 3.8) is 0 Å². The molecule has 1 N–H and O–H groups in total. The fraction of sp³-hybridized carbons (Fsp3) is 0.133. The third-order valence-electron chi connectivity index (χ3n) is 2.85. The Bertz CT molecular complexity index is 786. The van der Waals surface area contributed by atoms with Crippen LogP contribution in [0.4, 0.5) is 5.69 Å². The van der Waals surface area contributed by atoms with Gasteiger partial charge in [0.05, 0.1) is 24.8 Å². The number of rotatable bonds is 6. The lowest BCUT2D eigenvalue weighted by Gasteiger charge is -2.08. The topological polar surface area (TPSA) is 90.4 Å². The molecule has 0 spiro atoms. The van der Waals surface area contributed by atoms with Crippen LogP contribution in [0.15, 0.2) is 56.7 Å². The van der Waals surface area contributed by atoms with Crippen molar-refractivity contribution in [3.8, 4) is 17.4 Å². The molecule has 8 heteroatoms. The molecule has 1 aromatic carbocycles. The zero-order valence-corrected chi connectivity index (χ0v) is 13.0. The summed E-state index contributed by atoms with van der Waals surface area (Å²) in [5, 5.41) is 10.8. The van der Waals surface area contributed by atoms with Crippen LogP contribution in [-0.2, 0) is 4.79 Å². The van der Waals surface area contributed by atoms with Crippen LogP contribution >= 0.6 is 11.8 Å². The molecular weight excluding hydrogens is 318 g/mol. The molecule has 7 nitrogen and oxygen atoms in total. The van der Waals surface area contributed by atoms with E-state index < -0.39 is 0 Å². The summed E-state index contributed by atoms with van der Waals surface area (Å²) in [5.41, 5.74) is 0.613. The number of para-hydroxylation sites is 2. The predicted molar refractivity (Wildman–Crippen MR) is 84.3 cm³/mol. The largest absolute Gasteiger partial charge is 0.495 e. The van der Waals surface area contributed by atoms with Crippen LogP contribution < -0.4 is 10.1 Å². The molecule has 2 heterocycles. The number of anilines is 1. The maximum Gasteiger partial charge on any atom is 0.284 e. The van der Waals surface area contributed by atoms with Crippen LogP contribution in [0.25, 0.3) is 11.7 Å². The number of nitrogens with zero attached hydrogens (tertiary/aromatic N) is 2. The number of ether oxygens (including phenoxy) is 1. The molecule has 0 unspecified atom stereocenters. The second-order valence-electron chi connectivity index (χ2n) is 4.39. The van der Waals surface area contributed by atoms with E-state index in [2.05, 4.69) is 15.5 Å². The Morgan fingerprint density at radius 2 is 2.13 bits per heavy atom. The highest BCUT2D eigenvalue weighted by Crippen LogP contribution is 2.25. The van der Waals surface area contributed by atoms with Crippen LogP contribution in [0, 0.1) is 0 Å². The number of methoxy groups -OCH3 is 1. The fourth-order valence-electron chi connectivity index (χ4n) is 1.83. The number of hydrogen-bond donors (Lipinski definition) is 1. The first-order valence-electron chi connectivity index (χ1n) is 6.69. The summed E-state index contributed by atoms with van der Waals surface area (Å²) in [4.78, 5) is 12.0. The molecule has 23 heavy (non-hydrogen) atoms. The first-order chi connectivity index (χ1) is 11.3. The monoisotopic (exact) mass is 331 g/mol. The average Bonchev–Trinajstić information content (AvgIpc) is 3.24. The van der Waals surface area contributed by atoms with Crippen molar-refractivity contribution in [1.82, 2.24) is 10.2 Å². The number of carbonyl (C=O) groups excluding carboxylic acids is 1. The van der Waals surface area contributed by atoms with Crippen molar-refractivity contribution in [2.45, 2.75) is 5.22 Å². The Kier molecular flexibility index (Phi) is 4.62. The van der Waals surface area contributed by atoms with Crippen molar-refractivity contribution in [3.05, 3.63) is 42.7 Å². The predicted octanol–water partition coefficient (Wildman–Crippen LogP) is 3.07. The Hall–Kier alpha value is -2.74. The van der Waals surface area contributed by atoms with Crippen LogP contribution in [0.3, 0.4) is 0 Å². The van der Waals surface area contributed by atoms with Gasteiger partial charge in [-0.3, -0.25) is 4.79 Å². The van der Waals surface area contributed by atoms with E-state index in [9.17, 15) is 4.79 Å². The lowest BCUT2D eigenvalue weighted by Crippen LogP contribution is -2.14. The number of thioether (sulfide) groups is 1. The van der Waals surface area contributed by atoms with Crippen LogP contribution in [-0.4, -0.2) is 29.0 Å². The number of carbonyl (C=O) groups is 1. The Morgan fingerprint density at radius 3 is 2.91 bits per heavy atom. The van der Waals surface area contributed by atoms with Gasteiger partial charge < -0.3 is 18.9 Å². The number of aromatic nitrogens is 2. The summed E-state index contributed by atoms with van der Waals surface area (Å²) in [6.07, 6.45) is 1.52. The molecule has 0 bridgehead atoms. The van der Waals surface area contributed by atoms with Crippen molar-refractivity contribution < 1.29 is 18.4 Å². The smallest absolute Gasteiger partial charge is 0.284 e. The number of hydrogen-bond acceptors (Lipinski definition) is 7. The number of furan rings is 1. The van der Waals surface area contributed by atoms with E-state index in [1.807, 2.05) is 12.1 Å². The van der Waals surface area contributed by atoms with E-state index in [1.165, 1.54) is 6.26 Å². The summed E-state index contributed by atoms with van der Waals surface area (Å²) in [7, 11) is 1.55. The first-order valence-corrected chi connectivity index (χ1v) is 7.68. The summed E-state index contributed by atoms with van der Waals surface area (Å²) in [6.45, 7) is 0. The van der Waals surface area contributed by atoms with Crippen LogP contribution in [0.1, 0.15) is 0 Å². The van der Waals surface area contributed by atoms with Crippen molar-refractivity contribution in [2.75, 3.05) is 18.2 Å². The highest BCUT2D eigenvalue weighted by Gasteiger charge is 2.13. The van der Waals surface area contributed by atoms with Gasteiger partial charge in [0.2, 0.25) is 5.91 Å². The molecule has 3 rings (SSSR count). The molecule has 0 saturated carbocycles. The normalized spacial score (nSPS) is 10.5. The maximum atomic E-state index is 12.0. The van der Waals surface area contributed by atoms with E-state index in [4.69, 9.17) is 13.6 Å². The standard InChI is InChI=1S/C15H13N3O4S/c1-20-11-6-3-2-5-10(11)16-13(19)9-23-15-18-17-14(22-15)12-7-4-8-21-12/h2-8H,9H2,1H3,(H,16,19). The van der Waals surface area contributed by atoms with Crippen molar-refractivity contribution >= 4 is 23.4 Å². The third kappa shape index (κ3) is 3.72. The lowest BCUT2D eigenvalue weighted by molar-refractivity contribution is -0.113. The van der Waals surface area contributed by atoms with Gasteiger partial charge in [0.1, 0.15) is 5.75 Å². The van der Waals surface area contributed by atoms with E-state index in [1.54, 1.807) is 31.4 Å². The van der Waals surface area contributed by atoms with Gasteiger partial charge in [0.15, 0.2) is 5.76 Å². The number of amides is 1. The minimum Gasteiger partial charge on any atom is -0.495 e. The van der Waals surface area contributed by atoms with E-state index in [-0.39, 0.29) is 17.6 Å². The van der Waals surface area contributed by atoms with Gasteiger partial charge in [0, 0.05) is 0 Å². The molecule has 3 aromatic rings. The van der Waals surface area contributed by atoms with Crippen molar-refractivity contribution in [1.29, 1.82) is 0 Å². The number of nitrogens with one attached hydrogen (secondary N) is 1. The van der Waals surface area contributed by atoms with Gasteiger partial charge in [-0.2, -0.15) is 0 Å². The summed E-state index contributed by atoms with van der Waals surface area (Å²) >= 11 is 1.14. The van der Waals surface area contributed by atoms with E-state index in [0.29, 0.717) is 22.4 Å². The molecule has 0 radical (unpaired) electrons. The van der Waals surface area contributed by atoms with Crippen molar-refractivity contribution in [2.24, 2.45) is 0 Å². The highest BCUT2D eigenvalue weighted by molar-refractivity contribution is 7.99. The second kappa shape index (κ2) is 7.01. The van der Waals surface area contributed by atoms with E-state index >= 15 is 0 Å². The molecule has 0 aliphatic carbocycles. The Labute approximate surface area is 136 Å². The van der Waals surface area contributed by atoms with Gasteiger partial charge in [0.25, 0.3) is 11.1 Å². The zero-order valence-electron chi connectivity index (χ0n) is 12.2. The van der Waals surface area contributed by atoms with E-state index in [0.717, 1.165) is 11.8 Å². The summed E-state index contributed by atoms with van der Waals surface area (Å²) in [6, 6.07) is 10.6. The zero-order chi connectivity index (χ0) is 16.1. The quantitative estimate of drug-likeness (QED) is 0.694. The molecule has 0 saturated heterocycles. The number of benzene rings is 1. The summed E-state index contributed by atoms with van der Waals surface area (Å²) in [5.74, 6) is 1.31. The average molecular weight is 331 g/mol. The van der Waals surface area contributed by atoms with Gasteiger partial charge in [-0.05, 0) is 24.3 Å². The molecule has 0 aliphatic heterocycles. The molecule has 118 valence electrons. The van der Waals surface area contributed by atoms with Gasteiger partial charge in [-0.15, -0.1) is 10.2 Å². The molecule has 0 fully saturated rings. The first kappa shape index (κ1) is 15.2. The Morgan fingerprint density at radius 1 is 1.26 bits per heavy atom. The minimum absolute atomic E-state index is 0.137. The molecule has 2 aromatic heterocycles. The fourth-order valence-corrected chi connectivity index (χ4v) is 2.39. The molecule has 1 amide bonds. The lowest BCUT2D eigenvalue weighted by atomic mass is 10.3. The Balaban J connectivity index is 1.57. The van der Waals surface area contributed by atoms with Gasteiger partial charge >= 0.3 is 0 Å². The summed E-state index contributed by atoms with van der Waals surface area (Å²) < 4.78 is 15.8. The van der Waals surface area contributed by atoms with Crippen LogP contribution in [0.5, 0.6) is 5.75 Å². The molecular formula is C15H13N3O4S. The SMILES string of the molecule is COc1ccccc1NC(=O)CSc1nnc(-c2ccco2)o1. The van der Waals surface area contributed by atoms with Gasteiger partial charge in [-0.1, -0.05) is 23.9 Å². The minimum atomic E-state index is -0.197.